The van der Waals surface area contributed by atoms with Crippen LogP contribution in [0.2, 0.25) is 5.02 Å². The van der Waals surface area contributed by atoms with E-state index in [-0.39, 0.29) is 5.41 Å². The molecule has 2 fully saturated rings. The van der Waals surface area contributed by atoms with Gasteiger partial charge >= 0.3 is 5.97 Å². The lowest BCUT2D eigenvalue weighted by molar-refractivity contribution is -0.144. The van der Waals surface area contributed by atoms with Crippen LogP contribution in [-0.4, -0.2) is 70.7 Å². The van der Waals surface area contributed by atoms with Crippen molar-refractivity contribution in [1.82, 2.24) is 14.8 Å². The number of halogens is 1. The van der Waals surface area contributed by atoms with E-state index in [2.05, 4.69) is 83.6 Å². The lowest BCUT2D eigenvalue weighted by Crippen LogP contribution is -2.53. The van der Waals surface area contributed by atoms with Gasteiger partial charge in [0.15, 0.2) is 0 Å². The number of benzene rings is 3. The average molecular weight is 804 g/mol. The Morgan fingerprint density at radius 3 is 2.52 bits per heavy atom. The number of unbranched alkanes of at least 4 members (excludes halogenated alkanes) is 1. The second-order valence-corrected chi connectivity index (χ2v) is 18.7. The predicted molar refractivity (Wildman–Crippen MR) is 235 cm³/mol. The van der Waals surface area contributed by atoms with Crippen molar-refractivity contribution in [2.45, 2.75) is 114 Å². The molecule has 58 heavy (non-hydrogen) atoms. The molecule has 2 N–H and O–H groups in total. The second kappa shape index (κ2) is 18.1. The molecule has 3 atom stereocenters. The zero-order valence-electron chi connectivity index (χ0n) is 34.7. The standard InChI is InChI=1S/C50H63ClN4O3/c1-36(35-58-46-19-24-52-45-16-8-10-37(2)47(45)46)30-41-32-40-18-17-39(34-55-28-26-54(27-29-55)25-7-6-13-38-11-4-3-5-12-38)31-44(40)49(41)20-22-50(23-21-49,48(56)57)53-43-15-9-14-42(51)33-43/h3-5,9,11-12,14-15,17-19,24,31,33,36-37,41,53H,6-8,10,13,16,20-23,25-30,32,34-35H2,1-2H3,(H,56,57)/t36-,37-,41+,49?,50?/m1/s1. The highest BCUT2D eigenvalue weighted by atomic mass is 35.5. The fourth-order valence-electron chi connectivity index (χ4n) is 11.0. The van der Waals surface area contributed by atoms with Crippen LogP contribution in [0.1, 0.15) is 111 Å². The van der Waals surface area contributed by atoms with Crippen LogP contribution in [0.15, 0.2) is 85.1 Å². The highest BCUT2D eigenvalue weighted by Crippen LogP contribution is 2.56. The summed E-state index contributed by atoms with van der Waals surface area (Å²) in [5.74, 6) is 1.48. The zero-order chi connectivity index (χ0) is 40.1. The monoisotopic (exact) mass is 802 g/mol. The summed E-state index contributed by atoms with van der Waals surface area (Å²) in [6.45, 7) is 11.9. The minimum atomic E-state index is -1.03. The topological polar surface area (TPSA) is 77.9 Å². The number of hydrogen-bond donors (Lipinski definition) is 2. The summed E-state index contributed by atoms with van der Waals surface area (Å²) in [7, 11) is 0. The number of rotatable bonds is 15. The number of ether oxygens (including phenoxy) is 1. The molecule has 4 aromatic rings. The number of nitrogens with zero attached hydrogens (tertiary/aromatic N) is 3. The summed E-state index contributed by atoms with van der Waals surface area (Å²) < 4.78 is 6.65. The lowest BCUT2D eigenvalue weighted by Gasteiger charge is -2.47. The van der Waals surface area contributed by atoms with E-state index < -0.39 is 11.5 Å². The van der Waals surface area contributed by atoms with Crippen LogP contribution in [0.25, 0.3) is 0 Å². The number of aliphatic carboxylic acids is 1. The summed E-state index contributed by atoms with van der Waals surface area (Å²) in [6.07, 6.45) is 13.8. The van der Waals surface area contributed by atoms with E-state index in [9.17, 15) is 9.90 Å². The number of carboxylic acid groups (broad SMARTS) is 1. The number of fused-ring (bicyclic) bond motifs is 3. The Bertz CT molecular complexity index is 2010. The van der Waals surface area contributed by atoms with Crippen LogP contribution >= 0.6 is 11.6 Å². The van der Waals surface area contributed by atoms with E-state index in [0.717, 1.165) is 82.7 Å². The Balaban J connectivity index is 0.953. The molecule has 3 aromatic carbocycles. The normalized spacial score (nSPS) is 25.2. The molecule has 4 aliphatic rings. The van der Waals surface area contributed by atoms with Gasteiger partial charge in [-0.25, -0.2) is 4.79 Å². The SMILES string of the molecule is C[C@@H](COc1ccnc2c1[C@H](C)CCC2)C[C@H]1Cc2ccc(CN3CCN(CCCCc4ccccc4)CC3)cc2C12CCC(Nc1cccc(Cl)c1)(C(=O)O)CC2. The van der Waals surface area contributed by atoms with Crippen LogP contribution in [0.4, 0.5) is 5.69 Å². The van der Waals surface area contributed by atoms with Gasteiger partial charge in [0.2, 0.25) is 0 Å². The van der Waals surface area contributed by atoms with Crippen LogP contribution in [0.3, 0.4) is 0 Å². The first-order chi connectivity index (χ1) is 28.2. The predicted octanol–water partition coefficient (Wildman–Crippen LogP) is 10.3. The molecule has 8 rings (SSSR count). The quantitative estimate of drug-likeness (QED) is 0.116. The Morgan fingerprint density at radius 1 is 0.948 bits per heavy atom. The molecule has 0 unspecified atom stereocenters. The Labute approximate surface area is 351 Å². The molecule has 0 bridgehead atoms. The molecule has 1 aliphatic heterocycles. The Morgan fingerprint density at radius 2 is 1.74 bits per heavy atom. The number of aryl methyl sites for hydroxylation is 2. The van der Waals surface area contributed by atoms with Gasteiger partial charge in [-0.3, -0.25) is 9.88 Å². The fraction of sp³-hybridized carbons (Fsp3) is 0.520. The van der Waals surface area contributed by atoms with E-state index in [1.807, 2.05) is 30.5 Å². The lowest BCUT2D eigenvalue weighted by atomic mass is 9.59. The molecular weight excluding hydrogens is 740 g/mol. The molecule has 2 heterocycles. The van der Waals surface area contributed by atoms with E-state index in [1.165, 1.54) is 65.7 Å². The van der Waals surface area contributed by atoms with Gasteiger partial charge in [-0.05, 0) is 153 Å². The van der Waals surface area contributed by atoms with Crippen molar-refractivity contribution in [3.8, 4) is 5.75 Å². The number of aromatic nitrogens is 1. The molecule has 308 valence electrons. The van der Waals surface area contributed by atoms with Gasteiger partial charge in [-0.2, -0.15) is 0 Å². The van der Waals surface area contributed by atoms with E-state index in [0.29, 0.717) is 42.2 Å². The van der Waals surface area contributed by atoms with E-state index >= 15 is 0 Å². The Hall–Kier alpha value is -3.91. The van der Waals surface area contributed by atoms with Crippen molar-refractivity contribution >= 4 is 23.3 Å². The van der Waals surface area contributed by atoms with Gasteiger partial charge in [-0.15, -0.1) is 0 Å². The minimum absolute atomic E-state index is 0.0721. The van der Waals surface area contributed by atoms with Crippen molar-refractivity contribution in [3.63, 3.8) is 0 Å². The summed E-state index contributed by atoms with van der Waals surface area (Å²) in [5.41, 5.74) is 7.92. The minimum Gasteiger partial charge on any atom is -0.493 e. The van der Waals surface area contributed by atoms with Gasteiger partial charge in [-0.1, -0.05) is 80.0 Å². The van der Waals surface area contributed by atoms with Crippen molar-refractivity contribution in [2.75, 3.05) is 44.6 Å². The zero-order valence-corrected chi connectivity index (χ0v) is 35.5. The van der Waals surface area contributed by atoms with Gasteiger partial charge in [0, 0.05) is 60.9 Å². The second-order valence-electron chi connectivity index (χ2n) is 18.2. The summed E-state index contributed by atoms with van der Waals surface area (Å²) >= 11 is 6.35. The summed E-state index contributed by atoms with van der Waals surface area (Å²) in [6, 6.07) is 27.7. The van der Waals surface area contributed by atoms with Crippen LogP contribution < -0.4 is 10.1 Å². The van der Waals surface area contributed by atoms with Crippen molar-refractivity contribution in [2.24, 2.45) is 11.8 Å². The molecular formula is C50H63ClN4O3. The molecule has 1 aromatic heterocycles. The van der Waals surface area contributed by atoms with Crippen LogP contribution in [-0.2, 0) is 36.0 Å². The summed E-state index contributed by atoms with van der Waals surface area (Å²) in [4.78, 5) is 23.1. The van der Waals surface area contributed by atoms with Gasteiger partial charge < -0.3 is 20.1 Å². The Kier molecular flexibility index (Phi) is 12.8. The third-order valence-electron chi connectivity index (χ3n) is 14.3. The molecule has 1 saturated heterocycles. The van der Waals surface area contributed by atoms with Crippen molar-refractivity contribution < 1.29 is 14.6 Å². The van der Waals surface area contributed by atoms with Crippen molar-refractivity contribution in [1.29, 1.82) is 0 Å². The van der Waals surface area contributed by atoms with Gasteiger partial charge in [0.1, 0.15) is 11.3 Å². The maximum Gasteiger partial charge on any atom is 0.329 e. The van der Waals surface area contributed by atoms with Gasteiger partial charge in [0.05, 0.1) is 6.61 Å². The number of carboxylic acids is 1. The summed E-state index contributed by atoms with van der Waals surface area (Å²) in [5, 5.41) is 14.8. The molecule has 0 radical (unpaired) electrons. The smallest absolute Gasteiger partial charge is 0.329 e. The van der Waals surface area contributed by atoms with Crippen LogP contribution in [0.5, 0.6) is 5.75 Å². The van der Waals surface area contributed by atoms with E-state index in [4.69, 9.17) is 21.3 Å². The number of carbonyl (C=O) groups is 1. The first kappa shape index (κ1) is 40.9. The maximum absolute atomic E-state index is 13.1. The average Bonchev–Trinajstić information content (AvgIpc) is 3.51. The molecule has 3 aliphatic carbocycles. The number of hydrogen-bond acceptors (Lipinski definition) is 6. The van der Waals surface area contributed by atoms with Crippen molar-refractivity contribution in [3.05, 3.63) is 124 Å². The first-order valence-electron chi connectivity index (χ1n) is 22.2. The van der Waals surface area contributed by atoms with E-state index in [1.54, 1.807) is 0 Å². The number of anilines is 1. The molecule has 1 saturated carbocycles. The third kappa shape index (κ3) is 9.12. The third-order valence-corrected chi connectivity index (χ3v) is 14.5. The fourth-order valence-corrected chi connectivity index (χ4v) is 11.2. The largest absolute Gasteiger partial charge is 0.493 e. The number of pyridine rings is 1. The van der Waals surface area contributed by atoms with Crippen LogP contribution in [0, 0.1) is 11.8 Å². The highest BCUT2D eigenvalue weighted by Gasteiger charge is 2.54. The molecule has 0 amide bonds. The molecule has 7 nitrogen and oxygen atoms in total. The first-order valence-corrected chi connectivity index (χ1v) is 22.6. The number of piperazine rings is 1. The van der Waals surface area contributed by atoms with Gasteiger partial charge in [0.25, 0.3) is 0 Å². The molecule has 1 spiro atoms. The number of nitrogens with one attached hydrogen (secondary N) is 1. The highest BCUT2D eigenvalue weighted by molar-refractivity contribution is 6.30. The maximum atomic E-state index is 13.1. The molecule has 8 heteroatoms.